The van der Waals surface area contributed by atoms with Crippen molar-refractivity contribution in [2.45, 2.75) is 18.9 Å². The number of nitrogen functional groups attached to an aromatic ring is 1. The lowest BCUT2D eigenvalue weighted by molar-refractivity contribution is -0.384. The number of nitrogens with two attached hydrogens (primary N) is 1. The molecule has 1 fully saturated rings. The van der Waals surface area contributed by atoms with Gasteiger partial charge in [-0.25, -0.2) is 10.8 Å². The summed E-state index contributed by atoms with van der Waals surface area (Å²) in [6.07, 6.45) is 1.61. The number of hydrogen-bond acceptors (Lipinski definition) is 7. The molecule has 8 nitrogen and oxygen atoms in total. The van der Waals surface area contributed by atoms with Gasteiger partial charge in [0.15, 0.2) is 0 Å². The topological polar surface area (TPSA) is 126 Å². The third-order valence-corrected chi connectivity index (χ3v) is 2.83. The standard InChI is InChI=1S/C10H15N5O3/c11-14-10-4-7(15(17)18)3-9(13-10)12-5-8(16)6-1-2-6/h3-4,6,8,16H,1-2,5,11H2,(H2,12,13,14). The van der Waals surface area contributed by atoms with Gasteiger partial charge in [-0.15, -0.1) is 0 Å². The van der Waals surface area contributed by atoms with Crippen molar-refractivity contribution in [2.75, 3.05) is 17.3 Å². The summed E-state index contributed by atoms with van der Waals surface area (Å²) in [6, 6.07) is 2.54. The number of aliphatic hydroxyl groups is 1. The van der Waals surface area contributed by atoms with Gasteiger partial charge in [0.25, 0.3) is 5.69 Å². The number of nitro groups is 1. The van der Waals surface area contributed by atoms with Gasteiger partial charge in [0.05, 0.1) is 23.2 Å². The molecule has 0 aliphatic heterocycles. The fourth-order valence-corrected chi connectivity index (χ4v) is 1.64. The van der Waals surface area contributed by atoms with Crippen LogP contribution in [0.5, 0.6) is 0 Å². The van der Waals surface area contributed by atoms with Crippen LogP contribution in [0.4, 0.5) is 17.3 Å². The molecule has 1 saturated carbocycles. The van der Waals surface area contributed by atoms with Crippen LogP contribution in [0.3, 0.4) is 0 Å². The number of anilines is 2. The van der Waals surface area contributed by atoms with E-state index in [9.17, 15) is 15.2 Å². The maximum absolute atomic E-state index is 10.7. The molecule has 1 heterocycles. The summed E-state index contributed by atoms with van der Waals surface area (Å²) in [7, 11) is 0. The maximum Gasteiger partial charge on any atom is 0.276 e. The van der Waals surface area contributed by atoms with E-state index in [1.165, 1.54) is 12.1 Å². The first-order valence-corrected chi connectivity index (χ1v) is 5.65. The van der Waals surface area contributed by atoms with Crippen molar-refractivity contribution in [2.24, 2.45) is 11.8 Å². The lowest BCUT2D eigenvalue weighted by Gasteiger charge is -2.11. The van der Waals surface area contributed by atoms with Gasteiger partial charge in [-0.05, 0) is 18.8 Å². The molecular weight excluding hydrogens is 238 g/mol. The van der Waals surface area contributed by atoms with Crippen LogP contribution in [0, 0.1) is 16.0 Å². The summed E-state index contributed by atoms with van der Waals surface area (Å²) in [4.78, 5) is 14.2. The number of nitrogens with zero attached hydrogens (tertiary/aromatic N) is 2. The fraction of sp³-hybridized carbons (Fsp3) is 0.500. The largest absolute Gasteiger partial charge is 0.391 e. The van der Waals surface area contributed by atoms with E-state index in [0.29, 0.717) is 18.3 Å². The third-order valence-electron chi connectivity index (χ3n) is 2.83. The summed E-state index contributed by atoms with van der Waals surface area (Å²) < 4.78 is 0. The third kappa shape index (κ3) is 3.05. The fourth-order valence-electron chi connectivity index (χ4n) is 1.64. The van der Waals surface area contributed by atoms with Crippen LogP contribution in [0.25, 0.3) is 0 Å². The van der Waals surface area contributed by atoms with Crippen molar-refractivity contribution >= 4 is 17.3 Å². The second-order valence-corrected chi connectivity index (χ2v) is 4.28. The van der Waals surface area contributed by atoms with Crippen molar-refractivity contribution in [3.05, 3.63) is 22.2 Å². The zero-order valence-electron chi connectivity index (χ0n) is 9.67. The Morgan fingerprint density at radius 3 is 2.78 bits per heavy atom. The molecule has 0 amide bonds. The zero-order valence-corrected chi connectivity index (χ0v) is 9.67. The summed E-state index contributed by atoms with van der Waals surface area (Å²) in [5.74, 6) is 6.04. The minimum absolute atomic E-state index is 0.110. The van der Waals surface area contributed by atoms with Gasteiger partial charge in [0, 0.05) is 6.54 Å². The molecule has 8 heteroatoms. The summed E-state index contributed by atoms with van der Waals surface area (Å²) in [5.41, 5.74) is 2.16. The Hall–Kier alpha value is -1.93. The average molecular weight is 253 g/mol. The van der Waals surface area contributed by atoms with Gasteiger partial charge in [-0.3, -0.25) is 10.1 Å². The first kappa shape index (κ1) is 12.5. The SMILES string of the molecule is NNc1cc([N+](=O)[O-])cc(NCC(O)C2CC2)n1. The molecule has 1 atom stereocenters. The van der Waals surface area contributed by atoms with Gasteiger partial charge in [-0.1, -0.05) is 0 Å². The molecule has 1 unspecified atom stereocenters. The molecule has 0 spiro atoms. The van der Waals surface area contributed by atoms with Gasteiger partial charge < -0.3 is 15.8 Å². The Morgan fingerprint density at radius 1 is 1.56 bits per heavy atom. The van der Waals surface area contributed by atoms with Crippen molar-refractivity contribution < 1.29 is 10.0 Å². The van der Waals surface area contributed by atoms with Gasteiger partial charge in [0.1, 0.15) is 11.6 Å². The molecule has 1 aliphatic carbocycles. The minimum atomic E-state index is -0.523. The second kappa shape index (κ2) is 5.15. The highest BCUT2D eigenvalue weighted by Gasteiger charge is 2.29. The van der Waals surface area contributed by atoms with Gasteiger partial charge in [-0.2, -0.15) is 0 Å². The van der Waals surface area contributed by atoms with E-state index in [2.05, 4.69) is 15.7 Å². The Labute approximate surface area is 103 Å². The number of aliphatic hydroxyl groups excluding tert-OH is 1. The highest BCUT2D eigenvalue weighted by molar-refractivity contribution is 5.54. The number of hydrazine groups is 1. The van der Waals surface area contributed by atoms with E-state index in [4.69, 9.17) is 5.84 Å². The number of aromatic nitrogens is 1. The minimum Gasteiger partial charge on any atom is -0.391 e. The number of pyridine rings is 1. The molecular formula is C10H15N5O3. The molecule has 18 heavy (non-hydrogen) atoms. The van der Waals surface area contributed by atoms with E-state index in [1.807, 2.05) is 0 Å². The van der Waals surface area contributed by atoms with Crippen LogP contribution >= 0.6 is 0 Å². The molecule has 2 rings (SSSR count). The molecule has 5 N–H and O–H groups in total. The van der Waals surface area contributed by atoms with Crippen molar-refractivity contribution in [3.8, 4) is 0 Å². The van der Waals surface area contributed by atoms with E-state index >= 15 is 0 Å². The molecule has 1 aromatic rings. The lowest BCUT2D eigenvalue weighted by Crippen LogP contribution is -2.22. The number of hydrogen-bond donors (Lipinski definition) is 4. The summed E-state index contributed by atoms with van der Waals surface area (Å²) in [5, 5.41) is 23.3. The lowest BCUT2D eigenvalue weighted by atomic mass is 10.2. The summed E-state index contributed by atoms with van der Waals surface area (Å²) in [6.45, 7) is 0.322. The normalized spacial score (nSPS) is 16.1. The number of nitrogens with one attached hydrogen (secondary N) is 2. The molecule has 0 saturated heterocycles. The first-order valence-electron chi connectivity index (χ1n) is 5.65. The maximum atomic E-state index is 10.7. The Balaban J connectivity index is 2.05. The van der Waals surface area contributed by atoms with Crippen LogP contribution in [0.1, 0.15) is 12.8 Å². The predicted molar refractivity (Wildman–Crippen MR) is 65.9 cm³/mol. The average Bonchev–Trinajstić information content (AvgIpc) is 3.19. The van der Waals surface area contributed by atoms with E-state index in [-0.39, 0.29) is 11.5 Å². The van der Waals surface area contributed by atoms with Crippen molar-refractivity contribution in [1.29, 1.82) is 0 Å². The van der Waals surface area contributed by atoms with Crippen LogP contribution in [-0.2, 0) is 0 Å². The Morgan fingerprint density at radius 2 is 2.22 bits per heavy atom. The molecule has 1 aliphatic rings. The zero-order chi connectivity index (χ0) is 13.1. The molecule has 0 bridgehead atoms. The van der Waals surface area contributed by atoms with E-state index < -0.39 is 11.0 Å². The van der Waals surface area contributed by atoms with Crippen LogP contribution in [0.15, 0.2) is 12.1 Å². The number of rotatable bonds is 6. The van der Waals surface area contributed by atoms with Gasteiger partial charge >= 0.3 is 0 Å². The van der Waals surface area contributed by atoms with Crippen LogP contribution in [-0.4, -0.2) is 27.7 Å². The van der Waals surface area contributed by atoms with E-state index in [1.54, 1.807) is 0 Å². The molecule has 0 radical (unpaired) electrons. The monoisotopic (exact) mass is 253 g/mol. The van der Waals surface area contributed by atoms with Crippen LogP contribution in [0.2, 0.25) is 0 Å². The van der Waals surface area contributed by atoms with E-state index in [0.717, 1.165) is 12.8 Å². The molecule has 1 aromatic heterocycles. The quantitative estimate of drug-likeness (QED) is 0.329. The van der Waals surface area contributed by atoms with Crippen LogP contribution < -0.4 is 16.6 Å². The highest BCUT2D eigenvalue weighted by atomic mass is 16.6. The van der Waals surface area contributed by atoms with Gasteiger partial charge in [0.2, 0.25) is 0 Å². The second-order valence-electron chi connectivity index (χ2n) is 4.28. The molecule has 98 valence electrons. The van der Waals surface area contributed by atoms with Crippen molar-refractivity contribution in [1.82, 2.24) is 4.98 Å². The van der Waals surface area contributed by atoms with Crippen molar-refractivity contribution in [3.63, 3.8) is 0 Å². The highest BCUT2D eigenvalue weighted by Crippen LogP contribution is 2.32. The summed E-state index contributed by atoms with van der Waals surface area (Å²) >= 11 is 0. The molecule has 0 aromatic carbocycles. The Kier molecular flexibility index (Phi) is 3.58. The Bertz CT molecular complexity index is 449. The smallest absolute Gasteiger partial charge is 0.276 e. The first-order chi connectivity index (χ1) is 8.60. The predicted octanol–water partition coefficient (Wildman–Crippen LogP) is 0.458.